The lowest BCUT2D eigenvalue weighted by Gasteiger charge is -2.19. The van der Waals surface area contributed by atoms with Gasteiger partial charge in [0.15, 0.2) is 0 Å². The minimum atomic E-state index is -0.270. The zero-order valence-corrected chi connectivity index (χ0v) is 15.2. The average Bonchev–Trinajstić information content (AvgIpc) is 2.73. The summed E-state index contributed by atoms with van der Waals surface area (Å²) >= 11 is 0. The number of benzene rings is 2. The lowest BCUT2D eigenvalue weighted by Crippen LogP contribution is -2.14. The SMILES string of the molecule is CC(Nc1ncnc(N)c1C#N)c1nnc2ccccc2c1-c1ccccc1. The molecule has 0 saturated heterocycles. The fraction of sp³-hybridized carbons (Fsp3) is 0.0952. The topological polar surface area (TPSA) is 113 Å². The number of nitrogens with two attached hydrogens (primary N) is 1. The van der Waals surface area contributed by atoms with Crippen LogP contribution < -0.4 is 11.1 Å². The Hall–Kier alpha value is -4.05. The molecule has 7 heteroatoms. The van der Waals surface area contributed by atoms with Crippen LogP contribution in [0.2, 0.25) is 0 Å². The lowest BCUT2D eigenvalue weighted by atomic mass is 9.96. The van der Waals surface area contributed by atoms with Crippen LogP contribution in [-0.4, -0.2) is 20.2 Å². The summed E-state index contributed by atoms with van der Waals surface area (Å²) in [4.78, 5) is 8.04. The van der Waals surface area contributed by atoms with Crippen molar-refractivity contribution < 1.29 is 0 Å². The van der Waals surface area contributed by atoms with Crippen molar-refractivity contribution in [3.8, 4) is 17.2 Å². The minimum Gasteiger partial charge on any atom is -0.382 e. The van der Waals surface area contributed by atoms with Gasteiger partial charge in [-0.3, -0.25) is 0 Å². The van der Waals surface area contributed by atoms with Crippen molar-refractivity contribution >= 4 is 22.5 Å². The maximum atomic E-state index is 9.38. The number of nitrogens with zero attached hydrogens (tertiary/aromatic N) is 5. The van der Waals surface area contributed by atoms with E-state index in [0.29, 0.717) is 5.82 Å². The second-order valence-electron chi connectivity index (χ2n) is 6.30. The molecule has 0 aliphatic carbocycles. The molecule has 7 nitrogen and oxygen atoms in total. The molecule has 2 heterocycles. The number of nitrogen functional groups attached to an aromatic ring is 1. The average molecular weight is 367 g/mol. The fourth-order valence-electron chi connectivity index (χ4n) is 3.17. The molecule has 0 radical (unpaired) electrons. The first kappa shape index (κ1) is 17.4. The van der Waals surface area contributed by atoms with Gasteiger partial charge in [0.25, 0.3) is 0 Å². The third-order valence-electron chi connectivity index (χ3n) is 4.51. The van der Waals surface area contributed by atoms with Crippen LogP contribution in [-0.2, 0) is 0 Å². The summed E-state index contributed by atoms with van der Waals surface area (Å²) in [7, 11) is 0. The number of aromatic nitrogens is 4. The maximum Gasteiger partial charge on any atom is 0.150 e. The fourth-order valence-corrected chi connectivity index (χ4v) is 3.17. The summed E-state index contributed by atoms with van der Waals surface area (Å²) in [5, 5.41) is 22.5. The summed E-state index contributed by atoms with van der Waals surface area (Å²) in [6.45, 7) is 1.95. The Bertz CT molecular complexity index is 1180. The van der Waals surface area contributed by atoms with Gasteiger partial charge in [-0.2, -0.15) is 15.5 Å². The van der Waals surface area contributed by atoms with E-state index in [4.69, 9.17) is 5.73 Å². The Labute approximate surface area is 161 Å². The monoisotopic (exact) mass is 367 g/mol. The maximum absolute atomic E-state index is 9.38. The highest BCUT2D eigenvalue weighted by molar-refractivity contribution is 5.95. The van der Waals surface area contributed by atoms with E-state index >= 15 is 0 Å². The number of hydrogen-bond donors (Lipinski definition) is 2. The molecule has 2 aromatic carbocycles. The van der Waals surface area contributed by atoms with E-state index in [1.165, 1.54) is 6.33 Å². The summed E-state index contributed by atoms with van der Waals surface area (Å²) in [6.07, 6.45) is 1.33. The van der Waals surface area contributed by atoms with Crippen LogP contribution >= 0.6 is 0 Å². The predicted octanol–water partition coefficient (Wildman–Crippen LogP) is 3.71. The molecule has 1 atom stereocenters. The first-order valence-electron chi connectivity index (χ1n) is 8.77. The van der Waals surface area contributed by atoms with Gasteiger partial charge in [-0.1, -0.05) is 48.5 Å². The number of nitriles is 1. The Morgan fingerprint density at radius 3 is 2.54 bits per heavy atom. The van der Waals surface area contributed by atoms with Gasteiger partial charge >= 0.3 is 0 Å². The molecule has 0 aliphatic rings. The van der Waals surface area contributed by atoms with Crippen molar-refractivity contribution in [3.63, 3.8) is 0 Å². The van der Waals surface area contributed by atoms with Crippen LogP contribution in [0.1, 0.15) is 24.2 Å². The molecular weight excluding hydrogens is 350 g/mol. The molecule has 0 fully saturated rings. The van der Waals surface area contributed by atoms with Crippen molar-refractivity contribution in [2.24, 2.45) is 0 Å². The summed E-state index contributed by atoms with van der Waals surface area (Å²) in [5.74, 6) is 0.511. The third-order valence-corrected chi connectivity index (χ3v) is 4.51. The molecule has 0 spiro atoms. The Balaban J connectivity index is 1.85. The number of anilines is 2. The number of rotatable bonds is 4. The van der Waals surface area contributed by atoms with E-state index in [1.807, 2.05) is 67.6 Å². The Morgan fingerprint density at radius 2 is 1.75 bits per heavy atom. The number of hydrogen-bond acceptors (Lipinski definition) is 7. The van der Waals surface area contributed by atoms with Gasteiger partial charge in [-0.25, -0.2) is 9.97 Å². The van der Waals surface area contributed by atoms with Gasteiger partial charge in [0.05, 0.1) is 17.3 Å². The molecule has 0 amide bonds. The van der Waals surface area contributed by atoms with Gasteiger partial charge in [-0.05, 0) is 18.6 Å². The van der Waals surface area contributed by atoms with E-state index in [2.05, 4.69) is 25.5 Å². The van der Waals surface area contributed by atoms with Crippen LogP contribution in [0.4, 0.5) is 11.6 Å². The van der Waals surface area contributed by atoms with E-state index < -0.39 is 0 Å². The van der Waals surface area contributed by atoms with Crippen LogP contribution in [0.5, 0.6) is 0 Å². The van der Waals surface area contributed by atoms with Gasteiger partial charge in [0.2, 0.25) is 0 Å². The second kappa shape index (κ2) is 7.29. The molecule has 0 bridgehead atoms. The van der Waals surface area contributed by atoms with Crippen molar-refractivity contribution in [1.29, 1.82) is 5.26 Å². The highest BCUT2D eigenvalue weighted by Gasteiger charge is 2.20. The normalized spacial score (nSPS) is 11.7. The predicted molar refractivity (Wildman–Crippen MR) is 108 cm³/mol. The third kappa shape index (κ3) is 3.08. The largest absolute Gasteiger partial charge is 0.382 e. The molecule has 28 heavy (non-hydrogen) atoms. The van der Waals surface area contributed by atoms with Crippen LogP contribution in [0.25, 0.3) is 22.0 Å². The zero-order valence-electron chi connectivity index (χ0n) is 15.2. The van der Waals surface area contributed by atoms with Crippen LogP contribution in [0, 0.1) is 11.3 Å². The Kier molecular flexibility index (Phi) is 4.52. The minimum absolute atomic E-state index is 0.139. The van der Waals surface area contributed by atoms with Crippen molar-refractivity contribution in [2.45, 2.75) is 13.0 Å². The molecular formula is C21H17N7. The zero-order chi connectivity index (χ0) is 19.5. The number of nitrogens with one attached hydrogen (secondary N) is 1. The molecule has 2 aromatic heterocycles. The summed E-state index contributed by atoms with van der Waals surface area (Å²) in [5.41, 5.74) is 9.62. The van der Waals surface area contributed by atoms with E-state index in [9.17, 15) is 5.26 Å². The molecule has 0 aliphatic heterocycles. The summed E-state index contributed by atoms with van der Waals surface area (Å²) < 4.78 is 0. The first-order chi connectivity index (χ1) is 13.7. The van der Waals surface area contributed by atoms with E-state index in [-0.39, 0.29) is 17.4 Å². The second-order valence-corrected chi connectivity index (χ2v) is 6.30. The van der Waals surface area contributed by atoms with Crippen LogP contribution in [0.15, 0.2) is 60.9 Å². The van der Waals surface area contributed by atoms with Gasteiger partial charge in [0.1, 0.15) is 29.6 Å². The number of fused-ring (bicyclic) bond motifs is 1. The summed E-state index contributed by atoms with van der Waals surface area (Å²) in [6, 6.07) is 19.7. The van der Waals surface area contributed by atoms with Crippen molar-refractivity contribution in [2.75, 3.05) is 11.1 Å². The smallest absolute Gasteiger partial charge is 0.150 e. The van der Waals surface area contributed by atoms with Gasteiger partial charge in [0, 0.05) is 10.9 Å². The molecule has 3 N–H and O–H groups in total. The molecule has 4 rings (SSSR count). The van der Waals surface area contributed by atoms with E-state index in [1.54, 1.807) is 0 Å². The molecule has 136 valence electrons. The molecule has 4 aromatic rings. The highest BCUT2D eigenvalue weighted by Crippen LogP contribution is 2.34. The van der Waals surface area contributed by atoms with Crippen LogP contribution in [0.3, 0.4) is 0 Å². The van der Waals surface area contributed by atoms with E-state index in [0.717, 1.165) is 27.7 Å². The standard InChI is InChI=1S/C21H17N7/c1-13(26-21-16(11-22)20(23)24-12-25-21)19-18(14-7-3-2-4-8-14)15-9-5-6-10-17(15)27-28-19/h2-10,12-13H,1H3,(H3,23,24,25,26). The Morgan fingerprint density at radius 1 is 1.00 bits per heavy atom. The van der Waals surface area contributed by atoms with Crippen molar-refractivity contribution in [3.05, 3.63) is 72.2 Å². The van der Waals surface area contributed by atoms with Gasteiger partial charge in [-0.15, -0.1) is 0 Å². The van der Waals surface area contributed by atoms with Gasteiger partial charge < -0.3 is 11.1 Å². The molecule has 0 saturated carbocycles. The molecule has 1 unspecified atom stereocenters. The van der Waals surface area contributed by atoms with Crippen molar-refractivity contribution in [1.82, 2.24) is 20.2 Å². The highest BCUT2D eigenvalue weighted by atomic mass is 15.1. The first-order valence-corrected chi connectivity index (χ1v) is 8.77. The quantitative estimate of drug-likeness (QED) is 0.565. The lowest BCUT2D eigenvalue weighted by molar-refractivity contribution is 0.804.